The Labute approximate surface area is 174 Å². The first-order valence-electron chi connectivity index (χ1n) is 10.0. The fraction of sp³-hybridized carbons (Fsp3) is 0.409. The second kappa shape index (κ2) is 10.1. The number of rotatable bonds is 6. The van der Waals surface area contributed by atoms with E-state index in [1.165, 1.54) is 10.8 Å². The molecular weight excluding hydrogens is 384 g/mol. The molecule has 0 unspecified atom stereocenters. The second-order valence-corrected chi connectivity index (χ2v) is 7.13. The van der Waals surface area contributed by atoms with Crippen LogP contribution in [0.5, 0.6) is 0 Å². The van der Waals surface area contributed by atoms with Crippen molar-refractivity contribution >= 4 is 5.91 Å². The molecule has 1 aliphatic rings. The predicted octanol–water partition coefficient (Wildman–Crippen LogP) is 1.06. The maximum atomic E-state index is 12.1. The molecule has 0 bridgehead atoms. The molecule has 8 nitrogen and oxygen atoms in total. The molecule has 2 aromatic rings. The standard InChI is InChI=1S/C22H26N4O4/c1-2-18-10-11-19(30-18)26-14-17(21(28)25-22(26)29)5-3-4-12-24-20(27)16-8-6-15(13-23)7-9-16/h6-9,14,18-19H,2,5,10-13,23H2,1H3,(H,24,27)(H,25,28,29)/t18-,19-/m1/s1. The molecule has 1 amide bonds. The van der Waals surface area contributed by atoms with Crippen molar-refractivity contribution in [2.24, 2.45) is 5.73 Å². The van der Waals surface area contributed by atoms with Crippen LogP contribution in [0.4, 0.5) is 0 Å². The Morgan fingerprint density at radius 1 is 1.27 bits per heavy atom. The molecule has 0 spiro atoms. The number of carbonyl (C=O) groups is 1. The van der Waals surface area contributed by atoms with Crippen LogP contribution in [0, 0.1) is 11.8 Å². The summed E-state index contributed by atoms with van der Waals surface area (Å²) in [5.41, 5.74) is 6.47. The van der Waals surface area contributed by atoms with Crippen molar-refractivity contribution in [1.29, 1.82) is 0 Å². The van der Waals surface area contributed by atoms with E-state index in [-0.39, 0.29) is 31.2 Å². The summed E-state index contributed by atoms with van der Waals surface area (Å²) in [6, 6.07) is 7.03. The van der Waals surface area contributed by atoms with E-state index in [1.54, 1.807) is 24.3 Å². The maximum Gasteiger partial charge on any atom is 0.330 e. The van der Waals surface area contributed by atoms with E-state index in [0.29, 0.717) is 17.7 Å². The van der Waals surface area contributed by atoms with E-state index in [2.05, 4.69) is 22.1 Å². The highest BCUT2D eigenvalue weighted by Crippen LogP contribution is 2.28. The van der Waals surface area contributed by atoms with Crippen LogP contribution in [-0.2, 0) is 17.7 Å². The third kappa shape index (κ3) is 5.26. The summed E-state index contributed by atoms with van der Waals surface area (Å²) < 4.78 is 7.28. The summed E-state index contributed by atoms with van der Waals surface area (Å²) in [4.78, 5) is 38.6. The number of hydrogen-bond acceptors (Lipinski definition) is 5. The van der Waals surface area contributed by atoms with E-state index in [0.717, 1.165) is 24.8 Å². The normalized spacial score (nSPS) is 17.9. The van der Waals surface area contributed by atoms with Gasteiger partial charge in [0.2, 0.25) is 0 Å². The average molecular weight is 410 g/mol. The Morgan fingerprint density at radius 3 is 2.70 bits per heavy atom. The van der Waals surface area contributed by atoms with Crippen molar-refractivity contribution in [3.8, 4) is 11.8 Å². The summed E-state index contributed by atoms with van der Waals surface area (Å²) in [5.74, 6) is 5.46. The molecule has 158 valence electrons. The lowest BCUT2D eigenvalue weighted by atomic mass is 10.1. The van der Waals surface area contributed by atoms with E-state index < -0.39 is 11.2 Å². The number of benzene rings is 1. The smallest absolute Gasteiger partial charge is 0.330 e. The average Bonchev–Trinajstić information content (AvgIpc) is 3.23. The highest BCUT2D eigenvalue weighted by molar-refractivity contribution is 5.94. The Kier molecular flexibility index (Phi) is 7.22. The van der Waals surface area contributed by atoms with Crippen molar-refractivity contribution < 1.29 is 9.53 Å². The first kappa shape index (κ1) is 21.6. The van der Waals surface area contributed by atoms with Gasteiger partial charge in [0.15, 0.2) is 0 Å². The van der Waals surface area contributed by atoms with Crippen molar-refractivity contribution in [2.75, 3.05) is 6.54 Å². The van der Waals surface area contributed by atoms with Gasteiger partial charge in [-0.3, -0.25) is 19.1 Å². The van der Waals surface area contributed by atoms with E-state index >= 15 is 0 Å². The largest absolute Gasteiger partial charge is 0.355 e. The highest BCUT2D eigenvalue weighted by Gasteiger charge is 2.26. The van der Waals surface area contributed by atoms with Gasteiger partial charge in [0, 0.05) is 30.3 Å². The summed E-state index contributed by atoms with van der Waals surface area (Å²) in [7, 11) is 0. The number of ether oxygens (including phenoxy) is 1. The Hall–Kier alpha value is -3.15. The van der Waals surface area contributed by atoms with Gasteiger partial charge in [-0.2, -0.15) is 0 Å². The van der Waals surface area contributed by atoms with Crippen LogP contribution in [0.15, 0.2) is 40.1 Å². The molecule has 0 radical (unpaired) electrons. The van der Waals surface area contributed by atoms with Crippen molar-refractivity contribution in [1.82, 2.24) is 14.9 Å². The van der Waals surface area contributed by atoms with Gasteiger partial charge >= 0.3 is 5.69 Å². The number of aromatic amines is 1. The number of H-pyrrole nitrogens is 1. The molecule has 2 heterocycles. The van der Waals surface area contributed by atoms with E-state index in [1.807, 2.05) is 6.92 Å². The van der Waals surface area contributed by atoms with Crippen molar-refractivity contribution in [3.63, 3.8) is 0 Å². The van der Waals surface area contributed by atoms with Crippen LogP contribution in [0.3, 0.4) is 0 Å². The molecule has 30 heavy (non-hydrogen) atoms. The maximum absolute atomic E-state index is 12.1. The Morgan fingerprint density at radius 2 is 2.03 bits per heavy atom. The van der Waals surface area contributed by atoms with Crippen LogP contribution in [0.1, 0.15) is 53.9 Å². The zero-order valence-electron chi connectivity index (χ0n) is 16.9. The fourth-order valence-electron chi connectivity index (χ4n) is 3.30. The molecule has 2 atom stereocenters. The summed E-state index contributed by atoms with van der Waals surface area (Å²) in [6.07, 6.45) is 3.96. The quantitative estimate of drug-likeness (QED) is 0.615. The number of amides is 1. The Balaban J connectivity index is 1.59. The third-order valence-corrected chi connectivity index (χ3v) is 5.09. The van der Waals surface area contributed by atoms with Gasteiger partial charge in [-0.15, -0.1) is 0 Å². The van der Waals surface area contributed by atoms with Crippen LogP contribution in [0.2, 0.25) is 0 Å². The molecule has 3 rings (SSSR count). The molecule has 1 aliphatic heterocycles. The minimum Gasteiger partial charge on any atom is -0.355 e. The predicted molar refractivity (Wildman–Crippen MR) is 113 cm³/mol. The topological polar surface area (TPSA) is 119 Å². The van der Waals surface area contributed by atoms with Gasteiger partial charge in [0.1, 0.15) is 6.23 Å². The zero-order valence-corrected chi connectivity index (χ0v) is 16.9. The van der Waals surface area contributed by atoms with Crippen LogP contribution in [-0.4, -0.2) is 28.1 Å². The Bertz CT molecular complexity index is 1060. The van der Waals surface area contributed by atoms with Crippen molar-refractivity contribution in [2.45, 2.75) is 51.5 Å². The zero-order chi connectivity index (χ0) is 21.5. The monoisotopic (exact) mass is 410 g/mol. The third-order valence-electron chi connectivity index (χ3n) is 5.09. The number of carbonyl (C=O) groups excluding carboxylic acids is 1. The summed E-state index contributed by atoms with van der Waals surface area (Å²) in [5, 5.41) is 2.71. The van der Waals surface area contributed by atoms with Crippen LogP contribution in [0.25, 0.3) is 0 Å². The lowest BCUT2D eigenvalue weighted by molar-refractivity contribution is -0.00213. The molecule has 8 heteroatoms. The lowest BCUT2D eigenvalue weighted by Gasteiger charge is -2.15. The van der Waals surface area contributed by atoms with Gasteiger partial charge in [0.05, 0.1) is 12.6 Å². The molecule has 1 fully saturated rings. The molecular formula is C22H26N4O4. The van der Waals surface area contributed by atoms with Gasteiger partial charge in [-0.25, -0.2) is 4.79 Å². The number of nitrogens with one attached hydrogen (secondary N) is 2. The minimum atomic E-state index is -0.480. The molecule has 1 saturated heterocycles. The molecule has 0 aliphatic carbocycles. The molecule has 1 aromatic carbocycles. The molecule has 1 aromatic heterocycles. The molecule has 4 N–H and O–H groups in total. The van der Waals surface area contributed by atoms with E-state index in [4.69, 9.17) is 10.5 Å². The first-order chi connectivity index (χ1) is 14.5. The minimum absolute atomic E-state index is 0.132. The van der Waals surface area contributed by atoms with Crippen LogP contribution < -0.4 is 22.3 Å². The van der Waals surface area contributed by atoms with Gasteiger partial charge in [-0.05, 0) is 37.0 Å². The number of aromatic nitrogens is 2. The highest BCUT2D eigenvalue weighted by atomic mass is 16.5. The first-order valence-corrected chi connectivity index (χ1v) is 10.0. The summed E-state index contributed by atoms with van der Waals surface area (Å²) in [6.45, 7) is 2.61. The van der Waals surface area contributed by atoms with Crippen LogP contribution >= 0.6 is 0 Å². The molecule has 0 saturated carbocycles. The number of hydrogen-bond donors (Lipinski definition) is 3. The van der Waals surface area contributed by atoms with Gasteiger partial charge in [-0.1, -0.05) is 30.9 Å². The lowest BCUT2D eigenvalue weighted by Crippen LogP contribution is -2.34. The fourth-order valence-corrected chi connectivity index (χ4v) is 3.30. The van der Waals surface area contributed by atoms with Gasteiger partial charge < -0.3 is 15.8 Å². The summed E-state index contributed by atoms with van der Waals surface area (Å²) >= 11 is 0. The second-order valence-electron chi connectivity index (χ2n) is 7.13. The van der Waals surface area contributed by atoms with Gasteiger partial charge in [0.25, 0.3) is 11.5 Å². The number of nitrogens with two attached hydrogens (primary N) is 1. The van der Waals surface area contributed by atoms with Crippen molar-refractivity contribution in [3.05, 3.63) is 68.0 Å². The SMILES string of the molecule is CC[C@@H]1CC[C@H](n2cc(CC#CCNC(=O)c3ccc(CN)cc3)c(=O)[nH]c2=O)O1. The number of nitrogens with zero attached hydrogens (tertiary/aromatic N) is 1. The van der Waals surface area contributed by atoms with E-state index in [9.17, 15) is 14.4 Å².